The van der Waals surface area contributed by atoms with Crippen molar-refractivity contribution in [3.63, 3.8) is 0 Å². The van der Waals surface area contributed by atoms with E-state index in [1.54, 1.807) is 7.11 Å². The van der Waals surface area contributed by atoms with E-state index in [9.17, 15) is 0 Å². The third-order valence-electron chi connectivity index (χ3n) is 2.36. The molecule has 0 aliphatic carbocycles. The highest BCUT2D eigenvalue weighted by molar-refractivity contribution is 5.83. The van der Waals surface area contributed by atoms with Gasteiger partial charge in [0, 0.05) is 20.1 Å². The third-order valence-corrected chi connectivity index (χ3v) is 2.36. The van der Waals surface area contributed by atoms with Crippen molar-refractivity contribution >= 4 is 5.84 Å². The Balaban J connectivity index is 2.44. The zero-order chi connectivity index (χ0) is 10.4. The molecule has 0 amide bonds. The summed E-state index contributed by atoms with van der Waals surface area (Å²) in [6, 6.07) is 0. The van der Waals surface area contributed by atoms with E-state index in [1.807, 2.05) is 0 Å². The number of nitrogens with zero attached hydrogens (tertiary/aromatic N) is 1. The topological polar surface area (TPSA) is 33.6 Å². The first-order chi connectivity index (χ1) is 6.64. The van der Waals surface area contributed by atoms with Crippen LogP contribution >= 0.6 is 0 Å². The molecule has 0 aromatic carbocycles. The van der Waals surface area contributed by atoms with Crippen molar-refractivity contribution in [3.8, 4) is 0 Å². The molecule has 1 N–H and O–H groups in total. The molecule has 0 saturated heterocycles. The number of aliphatic imine (C=N–C) groups is 1. The standard InChI is InChI=1S/C11H22N2O/c1-11(2,9-14-3)13-10-7-5-4-6-8-12-10/h4-9H2,1-3H3,(H,12,13). The van der Waals surface area contributed by atoms with Crippen molar-refractivity contribution in [3.05, 3.63) is 0 Å². The lowest BCUT2D eigenvalue weighted by atomic mass is 10.1. The van der Waals surface area contributed by atoms with E-state index in [-0.39, 0.29) is 5.54 Å². The minimum atomic E-state index is -0.00206. The quantitative estimate of drug-likeness (QED) is 0.752. The smallest absolute Gasteiger partial charge is 0.0967 e. The van der Waals surface area contributed by atoms with Crippen molar-refractivity contribution in [2.45, 2.75) is 45.1 Å². The first kappa shape index (κ1) is 11.5. The van der Waals surface area contributed by atoms with Crippen LogP contribution in [0.3, 0.4) is 0 Å². The van der Waals surface area contributed by atoms with Crippen molar-refractivity contribution in [2.24, 2.45) is 4.99 Å². The number of rotatable bonds is 3. The Morgan fingerprint density at radius 2 is 2.14 bits per heavy atom. The highest BCUT2D eigenvalue weighted by Crippen LogP contribution is 2.09. The van der Waals surface area contributed by atoms with Crippen LogP contribution in [0.25, 0.3) is 0 Å². The van der Waals surface area contributed by atoms with E-state index in [2.05, 4.69) is 24.2 Å². The summed E-state index contributed by atoms with van der Waals surface area (Å²) in [7, 11) is 1.73. The molecule has 82 valence electrons. The summed E-state index contributed by atoms with van der Waals surface area (Å²) < 4.78 is 5.16. The van der Waals surface area contributed by atoms with Crippen LogP contribution in [0, 0.1) is 0 Å². The molecule has 0 unspecified atom stereocenters. The van der Waals surface area contributed by atoms with Gasteiger partial charge >= 0.3 is 0 Å². The highest BCUT2D eigenvalue weighted by Gasteiger charge is 2.19. The Labute approximate surface area is 86.9 Å². The SMILES string of the molecule is COCC(C)(C)NC1=NCCCCC1. The van der Waals surface area contributed by atoms with Gasteiger partial charge in [-0.2, -0.15) is 0 Å². The third kappa shape index (κ3) is 4.09. The van der Waals surface area contributed by atoms with Crippen LogP contribution in [0.1, 0.15) is 39.5 Å². The monoisotopic (exact) mass is 198 g/mol. The second-order valence-corrected chi connectivity index (χ2v) is 4.58. The van der Waals surface area contributed by atoms with Crippen LogP contribution in [0.5, 0.6) is 0 Å². The van der Waals surface area contributed by atoms with Gasteiger partial charge in [0.1, 0.15) is 0 Å². The first-order valence-electron chi connectivity index (χ1n) is 5.44. The maximum atomic E-state index is 5.16. The maximum absolute atomic E-state index is 5.16. The molecule has 1 heterocycles. The van der Waals surface area contributed by atoms with Crippen molar-refractivity contribution in [1.82, 2.24) is 5.32 Å². The summed E-state index contributed by atoms with van der Waals surface area (Å²) in [4.78, 5) is 4.54. The summed E-state index contributed by atoms with van der Waals surface area (Å²) in [5.74, 6) is 1.16. The lowest BCUT2D eigenvalue weighted by Crippen LogP contribution is -2.46. The Bertz CT molecular complexity index is 199. The number of amidine groups is 1. The van der Waals surface area contributed by atoms with Crippen LogP contribution in [-0.4, -0.2) is 31.6 Å². The first-order valence-corrected chi connectivity index (χ1v) is 5.44. The van der Waals surface area contributed by atoms with E-state index in [1.165, 1.54) is 19.3 Å². The Morgan fingerprint density at radius 1 is 1.36 bits per heavy atom. The summed E-state index contributed by atoms with van der Waals surface area (Å²) in [5, 5.41) is 3.46. The van der Waals surface area contributed by atoms with Gasteiger partial charge in [-0.3, -0.25) is 4.99 Å². The molecule has 0 bridgehead atoms. The minimum Gasteiger partial charge on any atom is -0.382 e. The van der Waals surface area contributed by atoms with Crippen LogP contribution in [-0.2, 0) is 4.74 Å². The Morgan fingerprint density at radius 3 is 2.86 bits per heavy atom. The van der Waals surface area contributed by atoms with E-state index in [0.29, 0.717) is 6.61 Å². The molecule has 3 heteroatoms. The molecule has 1 rings (SSSR count). The maximum Gasteiger partial charge on any atom is 0.0967 e. The van der Waals surface area contributed by atoms with Gasteiger partial charge in [0.15, 0.2) is 0 Å². The molecular weight excluding hydrogens is 176 g/mol. The van der Waals surface area contributed by atoms with Gasteiger partial charge in [-0.15, -0.1) is 0 Å². The van der Waals surface area contributed by atoms with Crippen molar-refractivity contribution in [1.29, 1.82) is 0 Å². The van der Waals surface area contributed by atoms with Crippen LogP contribution in [0.4, 0.5) is 0 Å². The van der Waals surface area contributed by atoms with Gasteiger partial charge < -0.3 is 10.1 Å². The van der Waals surface area contributed by atoms with E-state index >= 15 is 0 Å². The molecule has 0 radical (unpaired) electrons. The predicted octanol–water partition coefficient (Wildman–Crippen LogP) is 1.97. The molecule has 0 atom stereocenters. The van der Waals surface area contributed by atoms with E-state index < -0.39 is 0 Å². The number of hydrogen-bond donors (Lipinski definition) is 1. The summed E-state index contributed by atoms with van der Waals surface area (Å²) in [6.07, 6.45) is 4.89. The normalized spacial score (nSPS) is 18.6. The fraction of sp³-hybridized carbons (Fsp3) is 0.909. The summed E-state index contributed by atoms with van der Waals surface area (Å²) >= 11 is 0. The van der Waals surface area contributed by atoms with E-state index in [4.69, 9.17) is 4.74 Å². The molecule has 0 spiro atoms. The minimum absolute atomic E-state index is 0.00206. The molecule has 0 aromatic heterocycles. The fourth-order valence-corrected chi connectivity index (χ4v) is 1.76. The van der Waals surface area contributed by atoms with Crippen LogP contribution in [0.15, 0.2) is 4.99 Å². The van der Waals surface area contributed by atoms with Crippen LogP contribution in [0.2, 0.25) is 0 Å². The zero-order valence-corrected chi connectivity index (χ0v) is 9.60. The number of nitrogens with one attached hydrogen (secondary N) is 1. The lowest BCUT2D eigenvalue weighted by Gasteiger charge is -2.27. The van der Waals surface area contributed by atoms with Gasteiger partial charge in [0.05, 0.1) is 18.0 Å². The van der Waals surface area contributed by atoms with Crippen molar-refractivity contribution in [2.75, 3.05) is 20.3 Å². The summed E-state index contributed by atoms with van der Waals surface area (Å²) in [6.45, 7) is 5.98. The van der Waals surface area contributed by atoms with Crippen LogP contribution < -0.4 is 5.32 Å². The number of ether oxygens (including phenoxy) is 1. The number of hydrogen-bond acceptors (Lipinski definition) is 3. The zero-order valence-electron chi connectivity index (χ0n) is 9.60. The second kappa shape index (κ2) is 5.35. The Kier molecular flexibility index (Phi) is 4.39. The van der Waals surface area contributed by atoms with Gasteiger partial charge in [-0.1, -0.05) is 6.42 Å². The van der Waals surface area contributed by atoms with Gasteiger partial charge in [-0.05, 0) is 26.7 Å². The van der Waals surface area contributed by atoms with E-state index in [0.717, 1.165) is 18.8 Å². The lowest BCUT2D eigenvalue weighted by molar-refractivity contribution is 0.139. The second-order valence-electron chi connectivity index (χ2n) is 4.58. The number of methoxy groups -OCH3 is 1. The molecule has 1 aliphatic heterocycles. The molecule has 0 aromatic rings. The molecule has 14 heavy (non-hydrogen) atoms. The van der Waals surface area contributed by atoms with Gasteiger partial charge in [0.2, 0.25) is 0 Å². The average Bonchev–Trinajstić information content (AvgIpc) is 2.31. The molecule has 3 nitrogen and oxygen atoms in total. The highest BCUT2D eigenvalue weighted by atomic mass is 16.5. The molecular formula is C11H22N2O. The molecule has 1 aliphatic rings. The molecule has 0 fully saturated rings. The summed E-state index contributed by atoms with van der Waals surface area (Å²) in [5.41, 5.74) is -0.00206. The average molecular weight is 198 g/mol. The van der Waals surface area contributed by atoms with Gasteiger partial charge in [0.25, 0.3) is 0 Å². The largest absolute Gasteiger partial charge is 0.382 e. The Hall–Kier alpha value is -0.570. The molecule has 0 saturated carbocycles. The predicted molar refractivity (Wildman–Crippen MR) is 59.9 cm³/mol. The van der Waals surface area contributed by atoms with Gasteiger partial charge in [-0.25, -0.2) is 0 Å². The fourth-order valence-electron chi connectivity index (χ4n) is 1.76. The van der Waals surface area contributed by atoms with Crippen molar-refractivity contribution < 1.29 is 4.74 Å².